The molecule has 0 unspecified atom stereocenters. The molecule has 2 aromatic carbocycles. The van der Waals surface area contributed by atoms with E-state index in [9.17, 15) is 23.5 Å². The van der Waals surface area contributed by atoms with Gasteiger partial charge in [-0.15, -0.1) is 0 Å². The fourth-order valence-corrected chi connectivity index (χ4v) is 2.24. The molecule has 2 amide bonds. The number of nitrogens with one attached hydrogen (secondary N) is 2. The smallest absolute Gasteiger partial charge is 0.387 e. The lowest BCUT2D eigenvalue weighted by Crippen LogP contribution is -2.32. The van der Waals surface area contributed by atoms with Crippen LogP contribution < -0.4 is 20.1 Å². The van der Waals surface area contributed by atoms with Crippen molar-refractivity contribution in [2.24, 2.45) is 0 Å². The van der Waals surface area contributed by atoms with Crippen molar-refractivity contribution in [1.82, 2.24) is 5.32 Å². The Morgan fingerprint density at radius 2 is 1.93 bits per heavy atom. The minimum absolute atomic E-state index is 0.0590. The van der Waals surface area contributed by atoms with Crippen LogP contribution in [-0.2, 0) is 4.79 Å². The first-order valence-electron chi connectivity index (χ1n) is 7.49. The van der Waals surface area contributed by atoms with Crippen molar-refractivity contribution in [3.63, 3.8) is 0 Å². The van der Waals surface area contributed by atoms with E-state index in [2.05, 4.69) is 15.4 Å². The molecule has 27 heavy (non-hydrogen) atoms. The summed E-state index contributed by atoms with van der Waals surface area (Å²) in [7, 11) is 1.24. The SMILES string of the molecule is COc1cc(C(=O)NCC(=O)Nc2cc(Cl)ccc2O)ccc1OC(F)F. The molecule has 2 rings (SSSR count). The molecule has 7 nitrogen and oxygen atoms in total. The number of aromatic hydroxyl groups is 1. The van der Waals surface area contributed by atoms with Gasteiger partial charge in [0.2, 0.25) is 5.91 Å². The molecule has 10 heteroatoms. The summed E-state index contributed by atoms with van der Waals surface area (Å²) in [5.74, 6) is -1.71. The van der Waals surface area contributed by atoms with E-state index in [-0.39, 0.29) is 28.5 Å². The second kappa shape index (κ2) is 9.04. The number of amides is 2. The van der Waals surface area contributed by atoms with E-state index < -0.39 is 25.0 Å². The van der Waals surface area contributed by atoms with E-state index in [1.54, 1.807) is 0 Å². The molecule has 0 spiro atoms. The van der Waals surface area contributed by atoms with Gasteiger partial charge in [-0.05, 0) is 36.4 Å². The second-order valence-electron chi connectivity index (χ2n) is 5.14. The molecule has 0 bridgehead atoms. The summed E-state index contributed by atoms with van der Waals surface area (Å²) >= 11 is 5.78. The average molecular weight is 401 g/mol. The number of hydrogen-bond donors (Lipinski definition) is 3. The fourth-order valence-electron chi connectivity index (χ4n) is 2.07. The Labute approximate surface area is 157 Å². The topological polar surface area (TPSA) is 96.9 Å². The largest absolute Gasteiger partial charge is 0.506 e. The predicted molar refractivity (Wildman–Crippen MR) is 93.7 cm³/mol. The second-order valence-corrected chi connectivity index (χ2v) is 5.57. The first-order valence-corrected chi connectivity index (χ1v) is 7.87. The normalized spacial score (nSPS) is 10.4. The van der Waals surface area contributed by atoms with E-state index >= 15 is 0 Å². The highest BCUT2D eigenvalue weighted by atomic mass is 35.5. The van der Waals surface area contributed by atoms with Gasteiger partial charge >= 0.3 is 6.61 Å². The van der Waals surface area contributed by atoms with Gasteiger partial charge in [-0.1, -0.05) is 11.6 Å². The zero-order valence-electron chi connectivity index (χ0n) is 14.0. The number of benzene rings is 2. The number of halogens is 3. The Hall–Kier alpha value is -3.07. The van der Waals surface area contributed by atoms with Gasteiger partial charge in [0.25, 0.3) is 5.91 Å². The molecule has 0 heterocycles. The molecular formula is C17H15ClF2N2O5. The van der Waals surface area contributed by atoms with E-state index in [1.165, 1.54) is 37.4 Å². The molecule has 0 aliphatic carbocycles. The average Bonchev–Trinajstić information content (AvgIpc) is 2.62. The quantitative estimate of drug-likeness (QED) is 0.621. The molecule has 0 aromatic heterocycles. The Bertz CT molecular complexity index is 848. The molecule has 0 saturated carbocycles. The van der Waals surface area contributed by atoms with E-state index in [4.69, 9.17) is 16.3 Å². The number of rotatable bonds is 7. The van der Waals surface area contributed by atoms with Gasteiger partial charge in [-0.25, -0.2) is 0 Å². The Balaban J connectivity index is 1.98. The van der Waals surface area contributed by atoms with Crippen LogP contribution in [0.15, 0.2) is 36.4 Å². The van der Waals surface area contributed by atoms with Crippen molar-refractivity contribution in [3.05, 3.63) is 47.0 Å². The van der Waals surface area contributed by atoms with Crippen LogP contribution in [0.3, 0.4) is 0 Å². The van der Waals surface area contributed by atoms with Gasteiger partial charge in [-0.3, -0.25) is 9.59 Å². The number of ether oxygens (including phenoxy) is 2. The minimum atomic E-state index is -3.04. The first-order chi connectivity index (χ1) is 12.8. The van der Waals surface area contributed by atoms with Crippen LogP contribution in [0.1, 0.15) is 10.4 Å². The summed E-state index contributed by atoms with van der Waals surface area (Å²) in [5.41, 5.74) is 0.170. The minimum Gasteiger partial charge on any atom is -0.506 e. The summed E-state index contributed by atoms with van der Waals surface area (Å²) in [6.45, 7) is -3.44. The highest BCUT2D eigenvalue weighted by molar-refractivity contribution is 6.31. The first kappa shape index (κ1) is 20.2. The van der Waals surface area contributed by atoms with Crippen LogP contribution in [0.5, 0.6) is 17.2 Å². The molecular weight excluding hydrogens is 386 g/mol. The van der Waals surface area contributed by atoms with Crippen LogP contribution in [0.4, 0.5) is 14.5 Å². The van der Waals surface area contributed by atoms with Gasteiger partial charge in [0.05, 0.1) is 19.3 Å². The van der Waals surface area contributed by atoms with Crippen molar-refractivity contribution in [2.45, 2.75) is 6.61 Å². The van der Waals surface area contributed by atoms with Gasteiger partial charge in [0, 0.05) is 10.6 Å². The summed E-state index contributed by atoms with van der Waals surface area (Å²) in [4.78, 5) is 24.0. The van der Waals surface area contributed by atoms with Gasteiger partial charge < -0.3 is 25.2 Å². The van der Waals surface area contributed by atoms with Crippen LogP contribution in [0.2, 0.25) is 5.02 Å². The highest BCUT2D eigenvalue weighted by Gasteiger charge is 2.15. The zero-order chi connectivity index (χ0) is 20.0. The van der Waals surface area contributed by atoms with Gasteiger partial charge in [-0.2, -0.15) is 8.78 Å². The molecule has 2 aromatic rings. The third-order valence-electron chi connectivity index (χ3n) is 3.28. The fraction of sp³-hybridized carbons (Fsp3) is 0.176. The number of hydrogen-bond acceptors (Lipinski definition) is 5. The third kappa shape index (κ3) is 5.71. The number of alkyl halides is 2. The van der Waals surface area contributed by atoms with Crippen molar-refractivity contribution in [1.29, 1.82) is 0 Å². The number of phenols is 1. The van der Waals surface area contributed by atoms with E-state index in [1.807, 2.05) is 0 Å². The lowest BCUT2D eigenvalue weighted by molar-refractivity contribution is -0.115. The lowest BCUT2D eigenvalue weighted by Gasteiger charge is -2.12. The molecule has 144 valence electrons. The number of carbonyl (C=O) groups excluding carboxylic acids is 2. The monoisotopic (exact) mass is 400 g/mol. The van der Waals surface area contributed by atoms with Crippen LogP contribution in [-0.4, -0.2) is 37.2 Å². The maximum Gasteiger partial charge on any atom is 0.387 e. The lowest BCUT2D eigenvalue weighted by atomic mass is 10.2. The standard InChI is InChI=1S/C17H15ClF2N2O5/c1-26-14-6-9(2-5-13(14)27-17(19)20)16(25)21-8-15(24)22-11-7-10(18)3-4-12(11)23/h2-7,17,23H,8H2,1H3,(H,21,25)(H,22,24). The van der Waals surface area contributed by atoms with Crippen molar-refractivity contribution < 1.29 is 33.0 Å². The number of anilines is 1. The zero-order valence-corrected chi connectivity index (χ0v) is 14.7. The molecule has 0 saturated heterocycles. The van der Waals surface area contributed by atoms with Crippen molar-refractivity contribution >= 4 is 29.1 Å². The molecule has 0 aliphatic rings. The van der Waals surface area contributed by atoms with Gasteiger partial charge in [0.15, 0.2) is 11.5 Å². The maximum atomic E-state index is 12.3. The Morgan fingerprint density at radius 3 is 2.59 bits per heavy atom. The summed E-state index contributed by atoms with van der Waals surface area (Å²) in [6, 6.07) is 7.71. The van der Waals surface area contributed by atoms with E-state index in [0.29, 0.717) is 5.02 Å². The molecule has 0 aliphatic heterocycles. The molecule has 0 fully saturated rings. The Morgan fingerprint density at radius 1 is 1.19 bits per heavy atom. The predicted octanol–water partition coefficient (Wildman–Crippen LogP) is 3.02. The maximum absolute atomic E-state index is 12.3. The van der Waals surface area contributed by atoms with Crippen LogP contribution in [0, 0.1) is 0 Å². The summed E-state index contributed by atoms with van der Waals surface area (Å²) in [6.07, 6.45) is 0. The van der Waals surface area contributed by atoms with E-state index in [0.717, 1.165) is 6.07 Å². The van der Waals surface area contributed by atoms with Crippen LogP contribution >= 0.6 is 11.6 Å². The summed E-state index contributed by atoms with van der Waals surface area (Å²) < 4.78 is 33.8. The summed E-state index contributed by atoms with van der Waals surface area (Å²) in [5, 5.41) is 14.7. The number of carbonyl (C=O) groups is 2. The Kier molecular flexibility index (Phi) is 6.78. The van der Waals surface area contributed by atoms with Crippen molar-refractivity contribution in [2.75, 3.05) is 19.0 Å². The molecule has 0 atom stereocenters. The van der Waals surface area contributed by atoms with Crippen molar-refractivity contribution in [3.8, 4) is 17.2 Å². The number of methoxy groups -OCH3 is 1. The third-order valence-corrected chi connectivity index (χ3v) is 3.52. The molecule has 0 radical (unpaired) electrons. The van der Waals surface area contributed by atoms with Gasteiger partial charge in [0.1, 0.15) is 5.75 Å². The number of phenolic OH excluding ortho intramolecular Hbond substituents is 1. The highest BCUT2D eigenvalue weighted by Crippen LogP contribution is 2.29. The van der Waals surface area contributed by atoms with Crippen LogP contribution in [0.25, 0.3) is 0 Å². The molecule has 3 N–H and O–H groups in total.